The van der Waals surface area contributed by atoms with Crippen molar-refractivity contribution in [2.45, 2.75) is 31.7 Å². The van der Waals surface area contributed by atoms with Gasteiger partial charge in [-0.3, -0.25) is 9.88 Å². The molecule has 0 bridgehead atoms. The number of pyridine rings is 1. The summed E-state index contributed by atoms with van der Waals surface area (Å²) in [6.07, 6.45) is -3.68. The Labute approximate surface area is 196 Å². The van der Waals surface area contributed by atoms with Crippen LogP contribution < -0.4 is 0 Å². The van der Waals surface area contributed by atoms with Crippen molar-refractivity contribution in [3.8, 4) is 0 Å². The standard InChI is InChI=1S/C17H24N2O2.2C2HF3O2/c1-2-15(1)9-20-12-17-11-19(8-16(17)10-21-13-17)7-14-3-5-18-6-4-14;2*3-2(4,5)1(6)7/h3-6,15-16H,1-2,7-13H2;2*(H,6,7)/t16-,17-;;/m1../s1. The van der Waals surface area contributed by atoms with E-state index in [1.165, 1.54) is 18.4 Å². The van der Waals surface area contributed by atoms with E-state index in [4.69, 9.17) is 29.3 Å². The molecule has 0 unspecified atom stereocenters. The number of halogens is 6. The first-order valence-corrected chi connectivity index (χ1v) is 10.6. The van der Waals surface area contributed by atoms with Crippen LogP contribution >= 0.6 is 0 Å². The monoisotopic (exact) mass is 516 g/mol. The summed E-state index contributed by atoms with van der Waals surface area (Å²) in [4.78, 5) is 24.4. The lowest BCUT2D eigenvalue weighted by Gasteiger charge is -2.27. The first-order valence-electron chi connectivity index (χ1n) is 10.6. The lowest BCUT2D eigenvalue weighted by atomic mass is 9.82. The van der Waals surface area contributed by atoms with Gasteiger partial charge in [-0.25, -0.2) is 9.59 Å². The third-order valence-electron chi connectivity index (χ3n) is 5.67. The van der Waals surface area contributed by atoms with E-state index in [-0.39, 0.29) is 5.41 Å². The fourth-order valence-electron chi connectivity index (χ4n) is 3.73. The number of carboxylic acid groups (broad SMARTS) is 2. The van der Waals surface area contributed by atoms with Crippen LogP contribution in [0.5, 0.6) is 0 Å². The summed E-state index contributed by atoms with van der Waals surface area (Å²) >= 11 is 0. The van der Waals surface area contributed by atoms with E-state index in [0.29, 0.717) is 5.92 Å². The van der Waals surface area contributed by atoms with E-state index in [0.717, 1.165) is 52.0 Å². The van der Waals surface area contributed by atoms with E-state index < -0.39 is 24.3 Å². The fraction of sp³-hybridized carbons (Fsp3) is 0.667. The highest BCUT2D eigenvalue weighted by molar-refractivity contribution is 5.73. The summed E-state index contributed by atoms with van der Waals surface area (Å²) in [5, 5.41) is 14.2. The number of fused-ring (bicyclic) bond motifs is 1. The molecule has 0 spiro atoms. The van der Waals surface area contributed by atoms with E-state index in [1.54, 1.807) is 0 Å². The molecule has 0 amide bonds. The molecule has 2 atom stereocenters. The molecular formula is C21H26F6N2O6. The number of aliphatic carboxylic acids is 2. The molecular weight excluding hydrogens is 490 g/mol. The minimum atomic E-state index is -5.08. The van der Waals surface area contributed by atoms with Gasteiger partial charge in [0.25, 0.3) is 0 Å². The average molecular weight is 516 g/mol. The Hall–Kier alpha value is -2.45. The van der Waals surface area contributed by atoms with Crippen LogP contribution in [0.4, 0.5) is 26.3 Å². The van der Waals surface area contributed by atoms with Crippen molar-refractivity contribution in [1.82, 2.24) is 9.88 Å². The number of carboxylic acids is 2. The zero-order chi connectivity index (χ0) is 26.3. The van der Waals surface area contributed by atoms with Crippen molar-refractivity contribution < 1.29 is 55.6 Å². The van der Waals surface area contributed by atoms with E-state index >= 15 is 0 Å². The maximum atomic E-state index is 10.6. The predicted octanol–water partition coefficient (Wildman–Crippen LogP) is 3.22. The van der Waals surface area contributed by atoms with E-state index in [2.05, 4.69) is 22.0 Å². The number of carbonyl (C=O) groups is 2. The topological polar surface area (TPSA) is 109 Å². The second-order valence-corrected chi connectivity index (χ2v) is 8.66. The Morgan fingerprint density at radius 1 is 1.09 bits per heavy atom. The second-order valence-electron chi connectivity index (χ2n) is 8.66. The third-order valence-corrected chi connectivity index (χ3v) is 5.67. The highest BCUT2D eigenvalue weighted by Crippen LogP contribution is 2.42. The van der Waals surface area contributed by atoms with Crippen LogP contribution in [0.25, 0.3) is 0 Å². The van der Waals surface area contributed by atoms with Gasteiger partial charge in [-0.05, 0) is 36.5 Å². The molecule has 1 aromatic rings. The van der Waals surface area contributed by atoms with Crippen molar-refractivity contribution in [3.63, 3.8) is 0 Å². The quantitative estimate of drug-likeness (QED) is 0.555. The SMILES string of the molecule is O=C(O)C(F)(F)F.O=C(O)C(F)(F)F.c1cc(CN2C[C@@H]3COC[C@]3(COCC3CC3)C2)ccn1. The van der Waals surface area contributed by atoms with Crippen LogP contribution in [0.3, 0.4) is 0 Å². The average Bonchev–Trinajstić information content (AvgIpc) is 3.40. The molecule has 4 rings (SSSR count). The summed E-state index contributed by atoms with van der Waals surface area (Å²) < 4.78 is 75.3. The minimum absolute atomic E-state index is 0.238. The Kier molecular flexibility index (Phi) is 9.86. The van der Waals surface area contributed by atoms with Gasteiger partial charge in [-0.15, -0.1) is 0 Å². The van der Waals surface area contributed by atoms with Crippen molar-refractivity contribution in [3.05, 3.63) is 30.1 Å². The molecule has 14 heteroatoms. The largest absolute Gasteiger partial charge is 0.490 e. The van der Waals surface area contributed by atoms with Crippen molar-refractivity contribution in [2.75, 3.05) is 39.5 Å². The van der Waals surface area contributed by atoms with Crippen LogP contribution in [0.15, 0.2) is 24.5 Å². The second kappa shape index (κ2) is 12.0. The highest BCUT2D eigenvalue weighted by atomic mass is 19.4. The fourth-order valence-corrected chi connectivity index (χ4v) is 3.73. The van der Waals surface area contributed by atoms with Gasteiger partial charge in [0.2, 0.25) is 0 Å². The molecule has 3 aliphatic rings. The smallest absolute Gasteiger partial charge is 0.475 e. The molecule has 2 aliphatic heterocycles. The number of ether oxygens (including phenoxy) is 2. The lowest BCUT2D eigenvalue weighted by molar-refractivity contribution is -0.193. The normalized spacial score (nSPS) is 24.0. The van der Waals surface area contributed by atoms with Crippen LogP contribution in [0.1, 0.15) is 18.4 Å². The summed E-state index contributed by atoms with van der Waals surface area (Å²) in [5.74, 6) is -4.03. The van der Waals surface area contributed by atoms with Crippen molar-refractivity contribution >= 4 is 11.9 Å². The van der Waals surface area contributed by atoms with Gasteiger partial charge in [0.05, 0.1) is 19.8 Å². The van der Waals surface area contributed by atoms with Crippen LogP contribution in [0, 0.1) is 17.3 Å². The molecule has 1 aliphatic carbocycles. The molecule has 198 valence electrons. The molecule has 2 saturated heterocycles. The third kappa shape index (κ3) is 9.61. The molecule has 1 saturated carbocycles. The summed E-state index contributed by atoms with van der Waals surface area (Å²) in [5.41, 5.74) is 1.59. The first kappa shape index (κ1) is 28.8. The van der Waals surface area contributed by atoms with Crippen LogP contribution in [0.2, 0.25) is 0 Å². The van der Waals surface area contributed by atoms with Crippen molar-refractivity contribution in [2.24, 2.45) is 17.3 Å². The molecule has 0 aromatic carbocycles. The number of rotatable bonds is 6. The number of nitrogens with zero attached hydrogens (tertiary/aromatic N) is 2. The maximum Gasteiger partial charge on any atom is 0.490 e. The van der Waals surface area contributed by atoms with Gasteiger partial charge in [0.15, 0.2) is 0 Å². The van der Waals surface area contributed by atoms with Gasteiger partial charge < -0.3 is 19.7 Å². The van der Waals surface area contributed by atoms with Crippen LogP contribution in [-0.2, 0) is 25.6 Å². The zero-order valence-corrected chi connectivity index (χ0v) is 18.5. The van der Waals surface area contributed by atoms with E-state index in [1.807, 2.05) is 12.4 Å². The number of hydrogen-bond acceptors (Lipinski definition) is 6. The molecule has 1 aromatic heterocycles. The number of likely N-dealkylation sites (tertiary alicyclic amines) is 1. The van der Waals surface area contributed by atoms with Gasteiger partial charge in [0.1, 0.15) is 0 Å². The van der Waals surface area contributed by atoms with Crippen molar-refractivity contribution in [1.29, 1.82) is 0 Å². The number of hydrogen-bond donors (Lipinski definition) is 2. The minimum Gasteiger partial charge on any atom is -0.475 e. The number of alkyl halides is 6. The Balaban J connectivity index is 0.000000257. The number of aromatic nitrogens is 1. The van der Waals surface area contributed by atoms with E-state index in [9.17, 15) is 26.3 Å². The van der Waals surface area contributed by atoms with Gasteiger partial charge >= 0.3 is 24.3 Å². The van der Waals surface area contributed by atoms with Crippen LogP contribution in [-0.4, -0.2) is 83.9 Å². The van der Waals surface area contributed by atoms with Gasteiger partial charge in [-0.1, -0.05) is 0 Å². The summed E-state index contributed by atoms with van der Waals surface area (Å²) in [6, 6.07) is 4.22. The Morgan fingerprint density at radius 2 is 1.63 bits per heavy atom. The maximum absolute atomic E-state index is 10.6. The molecule has 8 nitrogen and oxygen atoms in total. The first-order chi connectivity index (χ1) is 16.2. The molecule has 2 N–H and O–H groups in total. The Bertz CT molecular complexity index is 810. The highest BCUT2D eigenvalue weighted by Gasteiger charge is 2.50. The summed E-state index contributed by atoms with van der Waals surface area (Å²) in [7, 11) is 0. The molecule has 35 heavy (non-hydrogen) atoms. The molecule has 3 heterocycles. The predicted molar refractivity (Wildman–Crippen MR) is 107 cm³/mol. The summed E-state index contributed by atoms with van der Waals surface area (Å²) in [6.45, 7) is 6.86. The molecule has 3 fully saturated rings. The molecule has 0 radical (unpaired) electrons. The van der Waals surface area contributed by atoms with Gasteiger partial charge in [-0.2, -0.15) is 26.3 Å². The lowest BCUT2D eigenvalue weighted by Crippen LogP contribution is -2.35. The van der Waals surface area contributed by atoms with Gasteiger partial charge in [0, 0.05) is 50.0 Å². The zero-order valence-electron chi connectivity index (χ0n) is 18.5. The Morgan fingerprint density at radius 3 is 2.11 bits per heavy atom.